The van der Waals surface area contributed by atoms with Crippen molar-refractivity contribution < 1.29 is 14.3 Å². The minimum absolute atomic E-state index is 0.151. The highest BCUT2D eigenvalue weighted by Gasteiger charge is 2.47. The Morgan fingerprint density at radius 1 is 0.966 bits per heavy atom. The van der Waals surface area contributed by atoms with E-state index in [2.05, 4.69) is 58.8 Å². The monoisotopic (exact) mass is 388 g/mol. The predicted molar refractivity (Wildman–Crippen MR) is 111 cm³/mol. The molecule has 29 heavy (non-hydrogen) atoms. The zero-order valence-corrected chi connectivity index (χ0v) is 16.6. The zero-order valence-electron chi connectivity index (χ0n) is 16.6. The number of aryl methyl sites for hydroxylation is 2. The quantitative estimate of drug-likeness (QED) is 0.740. The summed E-state index contributed by atoms with van der Waals surface area (Å²) in [6.07, 6.45) is 1.61. The maximum Gasteiger partial charge on any atom is 0.270 e. The summed E-state index contributed by atoms with van der Waals surface area (Å²) in [5.41, 5.74) is 3.77. The molecule has 2 heterocycles. The molecule has 0 spiro atoms. The molecule has 1 atom stereocenters. The number of benzene rings is 2. The zero-order chi connectivity index (χ0) is 20.3. The normalized spacial score (nSPS) is 18.2. The summed E-state index contributed by atoms with van der Waals surface area (Å²) in [5, 5.41) is 3.10. The van der Waals surface area contributed by atoms with E-state index in [-0.39, 0.29) is 12.7 Å². The lowest BCUT2D eigenvalue weighted by Crippen LogP contribution is -2.58. The third-order valence-corrected chi connectivity index (χ3v) is 5.31. The van der Waals surface area contributed by atoms with Crippen LogP contribution in [0.3, 0.4) is 0 Å². The summed E-state index contributed by atoms with van der Waals surface area (Å²) in [4.78, 5) is 17.1. The molecule has 1 saturated heterocycles. The number of rotatable bonds is 4. The average molecular weight is 388 g/mol. The van der Waals surface area contributed by atoms with Gasteiger partial charge in [-0.05, 0) is 37.1 Å². The molecule has 1 aliphatic rings. The fourth-order valence-electron chi connectivity index (χ4n) is 3.73. The standard InChI is InChI=1S/C24H24N2O3/c1-17-6-10-19(11-7-17)24(20-12-8-18(2)9-13-20)22(15-28-16-29-24)26-23(27)21-5-3-4-14-25-21/h3-14,22H,15-16H2,1-2H3,(H,26,27)/t22-/m0/s1. The van der Waals surface area contributed by atoms with Gasteiger partial charge in [-0.15, -0.1) is 0 Å². The number of pyridine rings is 1. The number of ether oxygens (including phenoxy) is 2. The molecule has 1 amide bonds. The number of carbonyl (C=O) groups excluding carboxylic acids is 1. The molecule has 0 saturated carbocycles. The van der Waals surface area contributed by atoms with Crippen molar-refractivity contribution in [3.63, 3.8) is 0 Å². The van der Waals surface area contributed by atoms with Crippen LogP contribution in [0.5, 0.6) is 0 Å². The van der Waals surface area contributed by atoms with E-state index in [0.29, 0.717) is 12.3 Å². The van der Waals surface area contributed by atoms with Crippen molar-refractivity contribution >= 4 is 5.91 Å². The van der Waals surface area contributed by atoms with Gasteiger partial charge in [-0.3, -0.25) is 9.78 Å². The Bertz CT molecular complexity index is 924. The van der Waals surface area contributed by atoms with Crippen molar-refractivity contribution in [3.05, 3.63) is 101 Å². The Kier molecular flexibility index (Phi) is 5.43. The SMILES string of the molecule is Cc1ccc(C2(c3ccc(C)cc3)OCOC[C@@H]2NC(=O)c2ccccn2)cc1. The average Bonchev–Trinajstić information content (AvgIpc) is 2.76. The van der Waals surface area contributed by atoms with E-state index in [4.69, 9.17) is 9.47 Å². The van der Waals surface area contributed by atoms with E-state index in [0.717, 1.165) is 22.3 Å². The summed E-state index contributed by atoms with van der Waals surface area (Å²) in [6, 6.07) is 21.3. The second kappa shape index (κ2) is 8.15. The van der Waals surface area contributed by atoms with Crippen LogP contribution in [0.1, 0.15) is 32.7 Å². The number of hydrogen-bond donors (Lipinski definition) is 1. The lowest BCUT2D eigenvalue weighted by molar-refractivity contribution is -0.196. The first-order valence-electron chi connectivity index (χ1n) is 9.67. The van der Waals surface area contributed by atoms with Crippen molar-refractivity contribution in [1.82, 2.24) is 10.3 Å². The molecule has 148 valence electrons. The third-order valence-electron chi connectivity index (χ3n) is 5.31. The van der Waals surface area contributed by atoms with E-state index in [1.165, 1.54) is 0 Å². The molecule has 0 bridgehead atoms. The Morgan fingerprint density at radius 2 is 1.59 bits per heavy atom. The maximum absolute atomic E-state index is 12.9. The lowest BCUT2D eigenvalue weighted by atomic mass is 9.79. The molecule has 1 N–H and O–H groups in total. The number of nitrogens with zero attached hydrogens (tertiary/aromatic N) is 1. The Labute approximate surface area is 170 Å². The van der Waals surface area contributed by atoms with Gasteiger partial charge in [0.05, 0.1) is 12.6 Å². The minimum atomic E-state index is -0.857. The van der Waals surface area contributed by atoms with Crippen LogP contribution >= 0.6 is 0 Å². The predicted octanol–water partition coefficient (Wildman–Crippen LogP) is 3.74. The highest BCUT2D eigenvalue weighted by Crippen LogP contribution is 2.40. The Balaban J connectivity index is 1.79. The van der Waals surface area contributed by atoms with Gasteiger partial charge in [0.2, 0.25) is 0 Å². The maximum atomic E-state index is 12.9. The van der Waals surface area contributed by atoms with Crippen molar-refractivity contribution in [2.24, 2.45) is 0 Å². The molecule has 3 aromatic rings. The van der Waals surface area contributed by atoms with Gasteiger partial charge >= 0.3 is 0 Å². The van der Waals surface area contributed by atoms with Crippen molar-refractivity contribution in [2.45, 2.75) is 25.5 Å². The van der Waals surface area contributed by atoms with Crippen LogP contribution in [0, 0.1) is 13.8 Å². The van der Waals surface area contributed by atoms with E-state index >= 15 is 0 Å². The molecule has 1 fully saturated rings. The second-order valence-corrected chi connectivity index (χ2v) is 7.34. The third kappa shape index (κ3) is 3.79. The van der Waals surface area contributed by atoms with Crippen LogP contribution in [0.4, 0.5) is 0 Å². The van der Waals surface area contributed by atoms with E-state index in [1.807, 2.05) is 13.8 Å². The van der Waals surface area contributed by atoms with Crippen LogP contribution in [-0.4, -0.2) is 30.3 Å². The highest BCUT2D eigenvalue weighted by atomic mass is 16.7. The first kappa shape index (κ1) is 19.3. The fourth-order valence-corrected chi connectivity index (χ4v) is 3.73. The minimum Gasteiger partial charge on any atom is -0.353 e. The first-order chi connectivity index (χ1) is 14.1. The number of amides is 1. The van der Waals surface area contributed by atoms with Crippen LogP contribution in [0.2, 0.25) is 0 Å². The van der Waals surface area contributed by atoms with Gasteiger partial charge < -0.3 is 14.8 Å². The van der Waals surface area contributed by atoms with Crippen molar-refractivity contribution in [1.29, 1.82) is 0 Å². The summed E-state index contributed by atoms with van der Waals surface area (Å²) in [5.74, 6) is -0.256. The van der Waals surface area contributed by atoms with Gasteiger partial charge in [-0.25, -0.2) is 0 Å². The smallest absolute Gasteiger partial charge is 0.270 e. The molecule has 1 aromatic heterocycles. The summed E-state index contributed by atoms with van der Waals surface area (Å²) in [6.45, 7) is 4.58. The van der Waals surface area contributed by atoms with Crippen molar-refractivity contribution in [2.75, 3.05) is 13.4 Å². The molecular weight excluding hydrogens is 364 g/mol. The van der Waals surface area contributed by atoms with Crippen LogP contribution in [0.25, 0.3) is 0 Å². The summed E-state index contributed by atoms with van der Waals surface area (Å²) in [7, 11) is 0. The molecule has 5 nitrogen and oxygen atoms in total. The van der Waals surface area contributed by atoms with E-state index < -0.39 is 11.6 Å². The largest absolute Gasteiger partial charge is 0.353 e. The summed E-state index contributed by atoms with van der Waals surface area (Å²) >= 11 is 0. The topological polar surface area (TPSA) is 60.5 Å². The number of hydrogen-bond acceptors (Lipinski definition) is 4. The number of nitrogens with one attached hydrogen (secondary N) is 1. The number of carbonyl (C=O) groups is 1. The molecule has 0 aliphatic carbocycles. The van der Waals surface area contributed by atoms with Gasteiger partial charge in [-0.2, -0.15) is 0 Å². The molecule has 1 aliphatic heterocycles. The van der Waals surface area contributed by atoms with Gasteiger partial charge in [0.25, 0.3) is 5.91 Å². The van der Waals surface area contributed by atoms with Crippen LogP contribution in [0.15, 0.2) is 72.9 Å². The molecule has 5 heteroatoms. The molecule has 0 unspecified atom stereocenters. The van der Waals surface area contributed by atoms with Gasteiger partial charge in [0.1, 0.15) is 18.1 Å². The van der Waals surface area contributed by atoms with Crippen LogP contribution < -0.4 is 5.32 Å². The molecule has 0 radical (unpaired) electrons. The van der Waals surface area contributed by atoms with Gasteiger partial charge in [-0.1, -0.05) is 65.7 Å². The lowest BCUT2D eigenvalue weighted by Gasteiger charge is -2.44. The van der Waals surface area contributed by atoms with Crippen LogP contribution in [-0.2, 0) is 15.1 Å². The Morgan fingerprint density at radius 3 is 2.14 bits per heavy atom. The molecule has 4 rings (SSSR count). The van der Waals surface area contributed by atoms with E-state index in [9.17, 15) is 4.79 Å². The van der Waals surface area contributed by atoms with Crippen molar-refractivity contribution in [3.8, 4) is 0 Å². The summed E-state index contributed by atoms with van der Waals surface area (Å²) < 4.78 is 11.9. The first-order valence-corrected chi connectivity index (χ1v) is 9.67. The van der Waals surface area contributed by atoms with E-state index in [1.54, 1.807) is 24.4 Å². The van der Waals surface area contributed by atoms with Gasteiger partial charge in [0, 0.05) is 6.20 Å². The highest BCUT2D eigenvalue weighted by molar-refractivity contribution is 5.92. The fraction of sp³-hybridized carbons (Fsp3) is 0.250. The second-order valence-electron chi connectivity index (χ2n) is 7.34. The van der Waals surface area contributed by atoms with Gasteiger partial charge in [0.15, 0.2) is 0 Å². The number of aromatic nitrogens is 1. The molecule has 2 aromatic carbocycles. The Hall–Kier alpha value is -3.02. The molecular formula is C24H24N2O3.